The lowest BCUT2D eigenvalue weighted by atomic mass is 9.82. The molecule has 9 rings (SSSR count). The molecule has 5 aromatic carbocycles. The highest BCUT2D eigenvalue weighted by atomic mass is 32.1. The molecule has 1 aliphatic rings. The second-order valence-corrected chi connectivity index (χ2v) is 13.5. The van der Waals surface area contributed by atoms with Gasteiger partial charge in [-0.3, -0.25) is 4.98 Å². The second-order valence-electron chi connectivity index (χ2n) is 12.4. The molecule has 8 aromatic rings. The number of hydrogen-bond acceptors (Lipinski definition) is 2. The van der Waals surface area contributed by atoms with Crippen LogP contribution in [0.15, 0.2) is 146 Å². The van der Waals surface area contributed by atoms with Gasteiger partial charge in [0.2, 0.25) is 0 Å². The van der Waals surface area contributed by atoms with Gasteiger partial charge in [0.05, 0.1) is 21.6 Å². The number of rotatable bonds is 4. The fourth-order valence-corrected chi connectivity index (χ4v) is 8.22. The average molecular weight is 595 g/mol. The lowest BCUT2D eigenvalue weighted by Gasteiger charge is -2.21. The summed E-state index contributed by atoms with van der Waals surface area (Å²) in [6.45, 7) is 4.72. The number of thiophene rings is 1. The lowest BCUT2D eigenvalue weighted by Crippen LogP contribution is -2.14. The molecule has 1 aliphatic carbocycles. The van der Waals surface area contributed by atoms with Gasteiger partial charge in [0.1, 0.15) is 0 Å². The molecule has 0 aliphatic heterocycles. The molecular weight excluding hydrogens is 565 g/mol. The van der Waals surface area contributed by atoms with Crippen molar-refractivity contribution in [3.8, 4) is 49.0 Å². The highest BCUT2D eigenvalue weighted by molar-refractivity contribution is 7.18. The smallest absolute Gasteiger partial charge is 0.0801 e. The molecule has 214 valence electrons. The van der Waals surface area contributed by atoms with Crippen LogP contribution < -0.4 is 0 Å². The summed E-state index contributed by atoms with van der Waals surface area (Å²) in [5.74, 6) is 0. The van der Waals surface area contributed by atoms with Crippen LogP contribution >= 0.6 is 11.3 Å². The van der Waals surface area contributed by atoms with Crippen molar-refractivity contribution in [3.05, 3.63) is 157 Å². The maximum atomic E-state index is 4.55. The summed E-state index contributed by atoms with van der Waals surface area (Å²) in [5.41, 5.74) is 13.8. The Hall–Kier alpha value is -5.25. The van der Waals surface area contributed by atoms with Crippen molar-refractivity contribution in [2.75, 3.05) is 0 Å². The Bertz CT molecular complexity index is 2390. The van der Waals surface area contributed by atoms with Crippen LogP contribution in [0.5, 0.6) is 0 Å². The van der Waals surface area contributed by atoms with Gasteiger partial charge >= 0.3 is 0 Å². The van der Waals surface area contributed by atoms with Crippen LogP contribution in [0.25, 0.3) is 70.8 Å². The van der Waals surface area contributed by atoms with Gasteiger partial charge in [0, 0.05) is 32.9 Å². The van der Waals surface area contributed by atoms with Crippen molar-refractivity contribution in [2.24, 2.45) is 0 Å². The Morgan fingerprint density at radius 3 is 2.16 bits per heavy atom. The van der Waals surface area contributed by atoms with Crippen molar-refractivity contribution in [3.63, 3.8) is 0 Å². The zero-order valence-electron chi connectivity index (χ0n) is 25.2. The molecule has 0 N–H and O–H groups in total. The molecule has 0 amide bonds. The number of hydrogen-bond donors (Lipinski definition) is 0. The van der Waals surface area contributed by atoms with Gasteiger partial charge in [-0.05, 0) is 106 Å². The number of fused-ring (bicyclic) bond motifs is 6. The molecule has 0 spiro atoms. The zero-order valence-corrected chi connectivity index (χ0v) is 26.0. The normalized spacial score (nSPS) is 13.3. The molecule has 3 heteroatoms. The minimum absolute atomic E-state index is 0.0537. The highest BCUT2D eigenvalue weighted by Gasteiger charge is 2.36. The van der Waals surface area contributed by atoms with Gasteiger partial charge < -0.3 is 4.57 Å². The molecule has 45 heavy (non-hydrogen) atoms. The van der Waals surface area contributed by atoms with E-state index in [2.05, 4.69) is 151 Å². The van der Waals surface area contributed by atoms with Crippen molar-refractivity contribution < 1.29 is 0 Å². The summed E-state index contributed by atoms with van der Waals surface area (Å²) in [4.78, 5) is 6.98. The second kappa shape index (κ2) is 9.88. The Labute approximate surface area is 266 Å². The van der Waals surface area contributed by atoms with Crippen molar-refractivity contribution >= 4 is 33.1 Å². The standard InChI is InChI=1S/C42H30N2S/c1-42(2)35-16-7-6-15-31(35)32-25-34-33-24-28(18-19-38(33)44(39(34)26-36(32)42)30-13-4-3-5-14-30)27-11-10-12-29(23-27)40-20-21-41(45-40)37-17-8-9-22-43-37/h3-26H,1-2H3. The first kappa shape index (κ1) is 26.2. The third kappa shape index (κ3) is 4.04. The van der Waals surface area contributed by atoms with E-state index >= 15 is 0 Å². The topological polar surface area (TPSA) is 17.8 Å². The van der Waals surface area contributed by atoms with Gasteiger partial charge in [-0.1, -0.05) is 86.6 Å². The molecular formula is C42H30N2S. The van der Waals surface area contributed by atoms with Crippen molar-refractivity contribution in [1.29, 1.82) is 0 Å². The maximum absolute atomic E-state index is 4.55. The molecule has 2 nitrogen and oxygen atoms in total. The SMILES string of the molecule is CC1(C)c2ccccc2-c2cc3c4cc(-c5cccc(-c6ccc(-c7ccccn7)s6)c5)ccc4n(-c4ccccc4)c3cc21. The predicted octanol–water partition coefficient (Wildman–Crippen LogP) is 11.5. The fraction of sp³-hybridized carbons (Fsp3) is 0.0714. The first-order valence-electron chi connectivity index (χ1n) is 15.5. The molecule has 0 atom stereocenters. The summed E-state index contributed by atoms with van der Waals surface area (Å²) in [5, 5.41) is 2.56. The van der Waals surface area contributed by atoms with Gasteiger partial charge in [-0.25, -0.2) is 0 Å². The maximum Gasteiger partial charge on any atom is 0.0801 e. The van der Waals surface area contributed by atoms with E-state index in [0.717, 1.165) is 5.69 Å². The Balaban J connectivity index is 1.23. The van der Waals surface area contributed by atoms with Gasteiger partial charge in [-0.15, -0.1) is 11.3 Å². The van der Waals surface area contributed by atoms with Crippen LogP contribution in [0.3, 0.4) is 0 Å². The Morgan fingerprint density at radius 1 is 0.533 bits per heavy atom. The molecule has 0 bridgehead atoms. The molecule has 0 unspecified atom stereocenters. The third-order valence-corrected chi connectivity index (χ3v) is 10.6. The van der Waals surface area contributed by atoms with E-state index in [1.807, 2.05) is 18.3 Å². The summed E-state index contributed by atoms with van der Waals surface area (Å²) in [6, 6.07) is 51.0. The zero-order chi connectivity index (χ0) is 30.1. The van der Waals surface area contributed by atoms with Crippen molar-refractivity contribution in [1.82, 2.24) is 9.55 Å². The van der Waals surface area contributed by atoms with Crippen LogP contribution in [0.1, 0.15) is 25.0 Å². The van der Waals surface area contributed by atoms with E-state index in [9.17, 15) is 0 Å². The van der Waals surface area contributed by atoms with Gasteiger partial charge in [0.25, 0.3) is 0 Å². The number of aromatic nitrogens is 2. The summed E-state index contributed by atoms with van der Waals surface area (Å²) < 4.78 is 2.44. The molecule has 0 saturated heterocycles. The van der Waals surface area contributed by atoms with Crippen LogP contribution in [-0.4, -0.2) is 9.55 Å². The monoisotopic (exact) mass is 594 g/mol. The fourth-order valence-electron chi connectivity index (χ4n) is 7.24. The lowest BCUT2D eigenvalue weighted by molar-refractivity contribution is 0.661. The highest BCUT2D eigenvalue weighted by Crippen LogP contribution is 2.51. The summed E-state index contributed by atoms with van der Waals surface area (Å²) >= 11 is 1.79. The predicted molar refractivity (Wildman–Crippen MR) is 190 cm³/mol. The van der Waals surface area contributed by atoms with E-state index in [0.29, 0.717) is 0 Å². The minimum atomic E-state index is -0.0537. The summed E-state index contributed by atoms with van der Waals surface area (Å²) in [6.07, 6.45) is 1.86. The van der Waals surface area contributed by atoms with E-state index in [1.165, 1.54) is 76.2 Å². The van der Waals surface area contributed by atoms with E-state index < -0.39 is 0 Å². The first-order chi connectivity index (χ1) is 22.1. The number of para-hydroxylation sites is 1. The average Bonchev–Trinajstić information content (AvgIpc) is 3.77. The number of nitrogens with zero attached hydrogens (tertiary/aromatic N) is 2. The van der Waals surface area contributed by atoms with Gasteiger partial charge in [0.15, 0.2) is 0 Å². The van der Waals surface area contributed by atoms with Crippen molar-refractivity contribution in [2.45, 2.75) is 19.3 Å². The Morgan fingerprint density at radius 2 is 1.29 bits per heavy atom. The van der Waals surface area contributed by atoms with Crippen LogP contribution in [0.4, 0.5) is 0 Å². The van der Waals surface area contributed by atoms with E-state index in [-0.39, 0.29) is 5.41 Å². The quantitative estimate of drug-likeness (QED) is 0.198. The number of benzene rings is 5. The Kier molecular flexibility index (Phi) is 5.75. The van der Waals surface area contributed by atoms with E-state index in [4.69, 9.17) is 0 Å². The minimum Gasteiger partial charge on any atom is -0.309 e. The summed E-state index contributed by atoms with van der Waals surface area (Å²) in [7, 11) is 0. The molecule has 3 aromatic heterocycles. The van der Waals surface area contributed by atoms with Gasteiger partial charge in [-0.2, -0.15) is 0 Å². The van der Waals surface area contributed by atoms with Crippen LogP contribution in [0, 0.1) is 0 Å². The largest absolute Gasteiger partial charge is 0.309 e. The molecule has 0 radical (unpaired) electrons. The molecule has 0 fully saturated rings. The number of pyridine rings is 1. The molecule has 0 saturated carbocycles. The van der Waals surface area contributed by atoms with Crippen LogP contribution in [0.2, 0.25) is 0 Å². The molecule has 3 heterocycles. The first-order valence-corrected chi connectivity index (χ1v) is 16.3. The van der Waals surface area contributed by atoms with Crippen LogP contribution in [-0.2, 0) is 5.41 Å². The van der Waals surface area contributed by atoms with E-state index in [1.54, 1.807) is 11.3 Å². The third-order valence-electron chi connectivity index (χ3n) is 9.49.